The lowest BCUT2D eigenvalue weighted by Crippen LogP contribution is -2.46. The summed E-state index contributed by atoms with van der Waals surface area (Å²) in [6.45, 7) is 5.17. The summed E-state index contributed by atoms with van der Waals surface area (Å²) in [6.07, 6.45) is 0. The number of hydrogen-bond donors (Lipinski definition) is 1. The highest BCUT2D eigenvalue weighted by Gasteiger charge is 2.23. The van der Waals surface area contributed by atoms with E-state index in [-0.39, 0.29) is 28.9 Å². The lowest BCUT2D eigenvalue weighted by atomic mass is 10.1. The Morgan fingerprint density at radius 3 is 2.35 bits per heavy atom. The SMILES string of the molecule is COc1ccc(-c2nc(C(=O)NCCN3CCN(C)CC3)c(-c3ccc([N+](=O)[O-])cc3)o2)cc1. The van der Waals surface area contributed by atoms with Crippen LogP contribution in [-0.2, 0) is 0 Å². The first kappa shape index (κ1) is 23.4. The third-order valence-corrected chi connectivity index (χ3v) is 5.83. The van der Waals surface area contributed by atoms with Gasteiger partial charge in [-0.25, -0.2) is 4.98 Å². The van der Waals surface area contributed by atoms with Crippen LogP contribution in [-0.4, -0.2) is 79.0 Å². The van der Waals surface area contributed by atoms with Crippen molar-refractivity contribution in [2.45, 2.75) is 0 Å². The number of carbonyl (C=O) groups is 1. The van der Waals surface area contributed by atoms with Crippen molar-refractivity contribution in [3.05, 3.63) is 64.3 Å². The molecule has 1 saturated heterocycles. The fourth-order valence-corrected chi connectivity index (χ4v) is 3.74. The number of amides is 1. The molecule has 1 aliphatic heterocycles. The minimum atomic E-state index is -0.473. The second-order valence-electron chi connectivity index (χ2n) is 8.13. The minimum absolute atomic E-state index is 0.0446. The third-order valence-electron chi connectivity index (χ3n) is 5.83. The van der Waals surface area contributed by atoms with E-state index in [4.69, 9.17) is 9.15 Å². The molecule has 10 heteroatoms. The number of likely N-dealkylation sites (N-methyl/N-ethyl adjacent to an activating group) is 1. The van der Waals surface area contributed by atoms with Gasteiger partial charge in [-0.05, 0) is 43.4 Å². The Hall–Kier alpha value is -3.76. The van der Waals surface area contributed by atoms with Crippen LogP contribution in [0.1, 0.15) is 10.5 Å². The summed E-state index contributed by atoms with van der Waals surface area (Å²) >= 11 is 0. The number of nitrogens with one attached hydrogen (secondary N) is 1. The van der Waals surface area contributed by atoms with Gasteiger partial charge in [0.2, 0.25) is 5.89 Å². The zero-order valence-corrected chi connectivity index (χ0v) is 19.2. The van der Waals surface area contributed by atoms with Gasteiger partial charge in [-0.1, -0.05) is 0 Å². The van der Waals surface area contributed by atoms with Crippen molar-refractivity contribution in [1.82, 2.24) is 20.1 Å². The normalized spacial score (nSPS) is 14.6. The van der Waals surface area contributed by atoms with Gasteiger partial charge in [-0.15, -0.1) is 0 Å². The fraction of sp³-hybridized carbons (Fsp3) is 0.333. The highest BCUT2D eigenvalue weighted by molar-refractivity contribution is 5.98. The molecule has 1 aromatic heterocycles. The molecule has 1 amide bonds. The lowest BCUT2D eigenvalue weighted by Gasteiger charge is -2.32. The second-order valence-corrected chi connectivity index (χ2v) is 8.13. The van der Waals surface area contributed by atoms with Crippen LogP contribution < -0.4 is 10.1 Å². The molecule has 10 nitrogen and oxygen atoms in total. The van der Waals surface area contributed by atoms with E-state index in [2.05, 4.69) is 27.1 Å². The molecule has 178 valence electrons. The van der Waals surface area contributed by atoms with Crippen molar-refractivity contribution in [2.24, 2.45) is 0 Å². The molecule has 0 aliphatic carbocycles. The van der Waals surface area contributed by atoms with E-state index in [1.165, 1.54) is 12.1 Å². The van der Waals surface area contributed by atoms with E-state index >= 15 is 0 Å². The van der Waals surface area contributed by atoms with Crippen molar-refractivity contribution in [3.8, 4) is 28.5 Å². The molecule has 2 aromatic carbocycles. The van der Waals surface area contributed by atoms with E-state index in [1.807, 2.05) is 0 Å². The maximum absolute atomic E-state index is 13.1. The zero-order chi connectivity index (χ0) is 24.1. The summed E-state index contributed by atoms with van der Waals surface area (Å²) in [5.74, 6) is 0.872. The van der Waals surface area contributed by atoms with Gasteiger partial charge in [0.05, 0.1) is 12.0 Å². The molecule has 0 radical (unpaired) electrons. The first-order valence-corrected chi connectivity index (χ1v) is 11.0. The maximum atomic E-state index is 13.1. The van der Waals surface area contributed by atoms with E-state index in [0.717, 1.165) is 32.7 Å². The average molecular weight is 466 g/mol. The van der Waals surface area contributed by atoms with E-state index in [1.54, 1.807) is 43.5 Å². The zero-order valence-electron chi connectivity index (χ0n) is 19.2. The standard InChI is InChI=1S/C24H27N5O5/c1-27-13-15-28(16-14-27)12-11-25-23(30)21-22(17-3-7-19(8-4-17)29(31)32)34-24(26-21)18-5-9-20(33-2)10-6-18/h3-10H,11-16H2,1-2H3,(H,25,30). The molecular weight excluding hydrogens is 438 g/mol. The van der Waals surface area contributed by atoms with Gasteiger partial charge >= 0.3 is 0 Å². The fourth-order valence-electron chi connectivity index (χ4n) is 3.74. The van der Waals surface area contributed by atoms with Crippen LogP contribution in [0.2, 0.25) is 0 Å². The molecule has 2 heterocycles. The van der Waals surface area contributed by atoms with Crippen molar-refractivity contribution in [3.63, 3.8) is 0 Å². The Balaban J connectivity index is 1.56. The van der Waals surface area contributed by atoms with Crippen LogP contribution in [0.4, 0.5) is 5.69 Å². The van der Waals surface area contributed by atoms with E-state index in [0.29, 0.717) is 23.4 Å². The monoisotopic (exact) mass is 465 g/mol. The van der Waals surface area contributed by atoms with Crippen LogP contribution in [0.3, 0.4) is 0 Å². The van der Waals surface area contributed by atoms with Gasteiger partial charge in [0, 0.05) is 62.5 Å². The Morgan fingerprint density at radius 2 is 1.74 bits per heavy atom. The number of oxazole rings is 1. The Morgan fingerprint density at radius 1 is 1.09 bits per heavy atom. The number of carbonyl (C=O) groups excluding carboxylic acids is 1. The quantitative estimate of drug-likeness (QED) is 0.399. The van der Waals surface area contributed by atoms with Crippen LogP contribution in [0.5, 0.6) is 5.75 Å². The number of nitro groups is 1. The lowest BCUT2D eigenvalue weighted by molar-refractivity contribution is -0.384. The number of rotatable bonds is 8. The van der Waals surface area contributed by atoms with Crippen LogP contribution >= 0.6 is 0 Å². The second kappa shape index (κ2) is 10.4. The van der Waals surface area contributed by atoms with Crippen molar-refractivity contribution in [2.75, 3.05) is 53.4 Å². The summed E-state index contributed by atoms with van der Waals surface area (Å²) in [6, 6.07) is 13.0. The first-order valence-electron chi connectivity index (χ1n) is 11.0. The van der Waals surface area contributed by atoms with Gasteiger partial charge in [0.15, 0.2) is 11.5 Å². The van der Waals surface area contributed by atoms with Crippen molar-refractivity contribution in [1.29, 1.82) is 0 Å². The van der Waals surface area contributed by atoms with Crippen LogP contribution in [0, 0.1) is 10.1 Å². The average Bonchev–Trinajstić information content (AvgIpc) is 3.31. The summed E-state index contributed by atoms with van der Waals surface area (Å²) in [5.41, 5.74) is 1.30. The van der Waals surface area contributed by atoms with Crippen LogP contribution in [0.15, 0.2) is 52.9 Å². The molecule has 1 fully saturated rings. The highest BCUT2D eigenvalue weighted by atomic mass is 16.6. The molecular formula is C24H27N5O5. The molecule has 0 saturated carbocycles. The smallest absolute Gasteiger partial charge is 0.273 e. The van der Waals surface area contributed by atoms with Gasteiger partial charge in [0.25, 0.3) is 11.6 Å². The molecule has 0 bridgehead atoms. The van der Waals surface area contributed by atoms with Gasteiger partial charge in [-0.2, -0.15) is 0 Å². The predicted molar refractivity (Wildman–Crippen MR) is 127 cm³/mol. The highest BCUT2D eigenvalue weighted by Crippen LogP contribution is 2.31. The molecule has 4 rings (SSSR count). The summed E-state index contributed by atoms with van der Waals surface area (Å²) in [7, 11) is 3.68. The van der Waals surface area contributed by atoms with E-state index < -0.39 is 4.92 Å². The number of benzene rings is 2. The molecule has 0 unspecified atom stereocenters. The molecule has 3 aromatic rings. The number of piperazine rings is 1. The Labute approximate surface area is 197 Å². The molecule has 0 spiro atoms. The van der Waals surface area contributed by atoms with E-state index in [9.17, 15) is 14.9 Å². The van der Waals surface area contributed by atoms with Crippen molar-refractivity contribution < 1.29 is 18.9 Å². The topological polar surface area (TPSA) is 114 Å². The predicted octanol–water partition coefficient (Wildman–Crippen LogP) is 2.90. The number of nitro benzene ring substituents is 1. The van der Waals surface area contributed by atoms with Gasteiger partial charge in [-0.3, -0.25) is 19.8 Å². The van der Waals surface area contributed by atoms with Crippen LogP contribution in [0.25, 0.3) is 22.8 Å². The minimum Gasteiger partial charge on any atom is -0.497 e. The summed E-state index contributed by atoms with van der Waals surface area (Å²) in [5, 5.41) is 14.0. The Bertz CT molecular complexity index is 1140. The summed E-state index contributed by atoms with van der Waals surface area (Å²) in [4.78, 5) is 32.7. The molecule has 1 N–H and O–H groups in total. The number of methoxy groups -OCH3 is 1. The van der Waals surface area contributed by atoms with Crippen molar-refractivity contribution >= 4 is 11.6 Å². The number of ether oxygens (including phenoxy) is 1. The van der Waals surface area contributed by atoms with Gasteiger partial charge < -0.3 is 19.4 Å². The number of non-ortho nitro benzene ring substituents is 1. The molecule has 34 heavy (non-hydrogen) atoms. The number of hydrogen-bond acceptors (Lipinski definition) is 8. The largest absolute Gasteiger partial charge is 0.497 e. The summed E-state index contributed by atoms with van der Waals surface area (Å²) < 4.78 is 11.2. The Kier molecular flexibility index (Phi) is 7.19. The molecule has 1 aliphatic rings. The number of aromatic nitrogens is 1. The number of nitrogens with zero attached hydrogens (tertiary/aromatic N) is 4. The van der Waals surface area contributed by atoms with Gasteiger partial charge in [0.1, 0.15) is 5.75 Å². The third kappa shape index (κ3) is 5.41. The maximum Gasteiger partial charge on any atom is 0.273 e. The first-order chi connectivity index (χ1) is 16.4. The molecule has 0 atom stereocenters.